The van der Waals surface area contributed by atoms with Crippen LogP contribution in [0.25, 0.3) is 11.1 Å². The molecule has 1 aromatic heterocycles. The number of aromatic nitrogens is 1. The van der Waals surface area contributed by atoms with Crippen LogP contribution in [0.4, 0.5) is 0 Å². The van der Waals surface area contributed by atoms with E-state index in [-0.39, 0.29) is 42.4 Å². The van der Waals surface area contributed by atoms with E-state index in [0.717, 1.165) is 16.7 Å². The van der Waals surface area contributed by atoms with E-state index in [2.05, 4.69) is 4.98 Å². The van der Waals surface area contributed by atoms with Gasteiger partial charge in [-0.05, 0) is 39.6 Å². The molecule has 0 aliphatic carbocycles. The molecule has 0 spiro atoms. The predicted octanol–water partition coefficient (Wildman–Crippen LogP) is 2.30. The van der Waals surface area contributed by atoms with E-state index in [1.807, 2.05) is 64.0 Å². The van der Waals surface area contributed by atoms with E-state index in [9.17, 15) is 14.7 Å². The Bertz CT molecular complexity index is 1010. The van der Waals surface area contributed by atoms with Crippen molar-refractivity contribution in [1.82, 2.24) is 19.7 Å². The lowest BCUT2D eigenvalue weighted by molar-refractivity contribution is -0.132. The molecule has 3 atom stereocenters. The largest absolute Gasteiger partial charge is 0.472 e. The third-order valence-corrected chi connectivity index (χ3v) is 6.24. The molecule has 0 saturated carbocycles. The van der Waals surface area contributed by atoms with Crippen molar-refractivity contribution >= 4 is 11.8 Å². The van der Waals surface area contributed by atoms with E-state index < -0.39 is 0 Å². The maximum atomic E-state index is 13.6. The van der Waals surface area contributed by atoms with E-state index in [1.165, 1.54) is 0 Å². The van der Waals surface area contributed by atoms with Crippen LogP contribution >= 0.6 is 0 Å². The van der Waals surface area contributed by atoms with Crippen LogP contribution in [0.1, 0.15) is 29.8 Å². The fourth-order valence-electron chi connectivity index (χ4n) is 3.99. The summed E-state index contributed by atoms with van der Waals surface area (Å²) in [7, 11) is 5.47. The van der Waals surface area contributed by atoms with Crippen molar-refractivity contribution in [3.8, 4) is 17.0 Å². The summed E-state index contributed by atoms with van der Waals surface area (Å²) < 4.78 is 6.29. The first-order chi connectivity index (χ1) is 16.1. The number of aryl methyl sites for hydroxylation is 1. The van der Waals surface area contributed by atoms with Crippen LogP contribution < -0.4 is 4.74 Å². The maximum Gasteiger partial charge on any atom is 0.259 e. The van der Waals surface area contributed by atoms with E-state index in [4.69, 9.17) is 4.74 Å². The Morgan fingerprint density at radius 1 is 1.24 bits per heavy atom. The Kier molecular flexibility index (Phi) is 8.28. The van der Waals surface area contributed by atoms with Gasteiger partial charge in [-0.1, -0.05) is 36.8 Å². The highest BCUT2D eigenvalue weighted by atomic mass is 16.5. The maximum absolute atomic E-state index is 13.6. The minimum Gasteiger partial charge on any atom is -0.472 e. The fraction of sp³-hybridized carbons (Fsp3) is 0.500. The average molecular weight is 469 g/mol. The summed E-state index contributed by atoms with van der Waals surface area (Å²) >= 11 is 0. The fourth-order valence-corrected chi connectivity index (χ4v) is 3.99. The summed E-state index contributed by atoms with van der Waals surface area (Å²) in [6, 6.07) is 9.47. The van der Waals surface area contributed by atoms with E-state index >= 15 is 0 Å². The number of aliphatic hydroxyl groups excluding tert-OH is 1. The lowest BCUT2D eigenvalue weighted by atomic mass is 9.99. The van der Waals surface area contributed by atoms with Gasteiger partial charge in [0.05, 0.1) is 25.7 Å². The topological polar surface area (TPSA) is 86.2 Å². The molecule has 0 radical (unpaired) electrons. The first-order valence-electron chi connectivity index (χ1n) is 11.6. The number of hydrogen-bond donors (Lipinski definition) is 1. The first-order valence-corrected chi connectivity index (χ1v) is 11.6. The number of benzene rings is 1. The van der Waals surface area contributed by atoms with Crippen molar-refractivity contribution in [2.24, 2.45) is 5.92 Å². The van der Waals surface area contributed by atoms with Gasteiger partial charge < -0.3 is 24.5 Å². The van der Waals surface area contributed by atoms with Gasteiger partial charge in [-0.15, -0.1) is 0 Å². The Labute approximate surface area is 202 Å². The lowest BCUT2D eigenvalue weighted by Crippen LogP contribution is -2.51. The molecule has 2 heterocycles. The number of ether oxygens (including phenoxy) is 1. The van der Waals surface area contributed by atoms with Crippen LogP contribution in [0.2, 0.25) is 0 Å². The van der Waals surface area contributed by atoms with Crippen LogP contribution in [-0.4, -0.2) is 96.1 Å². The van der Waals surface area contributed by atoms with Crippen LogP contribution in [0.3, 0.4) is 0 Å². The summed E-state index contributed by atoms with van der Waals surface area (Å²) in [5, 5.41) is 9.83. The van der Waals surface area contributed by atoms with Crippen molar-refractivity contribution in [1.29, 1.82) is 0 Å². The van der Waals surface area contributed by atoms with Gasteiger partial charge in [0.1, 0.15) is 11.7 Å². The Hall–Kier alpha value is -2.97. The van der Waals surface area contributed by atoms with Gasteiger partial charge in [-0.2, -0.15) is 0 Å². The van der Waals surface area contributed by atoms with E-state index in [1.54, 1.807) is 29.1 Å². The smallest absolute Gasteiger partial charge is 0.259 e. The van der Waals surface area contributed by atoms with Gasteiger partial charge in [0.25, 0.3) is 5.91 Å². The molecule has 34 heavy (non-hydrogen) atoms. The number of aliphatic hydroxyl groups is 1. The Morgan fingerprint density at radius 3 is 2.53 bits per heavy atom. The molecule has 1 aliphatic heterocycles. The zero-order valence-electron chi connectivity index (χ0n) is 21.0. The number of rotatable bonds is 7. The summed E-state index contributed by atoms with van der Waals surface area (Å²) in [4.78, 5) is 35.8. The monoisotopic (exact) mass is 468 g/mol. The van der Waals surface area contributed by atoms with Crippen LogP contribution in [0.5, 0.6) is 5.88 Å². The highest BCUT2D eigenvalue weighted by Gasteiger charge is 2.34. The number of nitrogens with zero attached hydrogens (tertiary/aromatic N) is 4. The third kappa shape index (κ3) is 5.93. The number of hydrogen-bond acceptors (Lipinski definition) is 6. The van der Waals surface area contributed by atoms with Gasteiger partial charge in [0.2, 0.25) is 11.8 Å². The molecular weight excluding hydrogens is 432 g/mol. The summed E-state index contributed by atoms with van der Waals surface area (Å²) in [5.74, 6) is -0.0666. The summed E-state index contributed by atoms with van der Waals surface area (Å²) in [5.41, 5.74) is 3.28. The molecule has 0 unspecified atom stereocenters. The molecule has 8 nitrogen and oxygen atoms in total. The van der Waals surface area contributed by atoms with Gasteiger partial charge in [-0.3, -0.25) is 9.59 Å². The standard InChI is InChI=1S/C26H36N4O4/c1-17-7-9-20(10-8-17)21-11-22-25(27-12-21)34-23(14-29(6)24(32)15-28(4)5)18(2)13-30(26(22)33)19(3)16-31/h7-12,18-19,23,31H,13-16H2,1-6H3/t18-,19-,23+/m1/s1. The first kappa shape index (κ1) is 25.6. The van der Waals surface area contributed by atoms with Crippen molar-refractivity contribution in [3.05, 3.63) is 47.7 Å². The minimum atomic E-state index is -0.367. The zero-order valence-corrected chi connectivity index (χ0v) is 21.0. The van der Waals surface area contributed by atoms with Crippen molar-refractivity contribution in [3.63, 3.8) is 0 Å². The number of carbonyl (C=O) groups is 2. The van der Waals surface area contributed by atoms with E-state index in [0.29, 0.717) is 25.2 Å². The Balaban J connectivity index is 1.98. The summed E-state index contributed by atoms with van der Waals surface area (Å²) in [6.45, 7) is 6.76. The van der Waals surface area contributed by atoms with Crippen LogP contribution in [0, 0.1) is 12.8 Å². The molecular formula is C26H36N4O4. The highest BCUT2D eigenvalue weighted by molar-refractivity contribution is 5.98. The number of amides is 2. The second-order valence-corrected chi connectivity index (χ2v) is 9.58. The quantitative estimate of drug-likeness (QED) is 0.671. The van der Waals surface area contributed by atoms with Crippen LogP contribution in [-0.2, 0) is 4.79 Å². The normalized spacial score (nSPS) is 19.2. The molecule has 184 valence electrons. The molecule has 2 aromatic rings. The van der Waals surface area contributed by atoms with Gasteiger partial charge >= 0.3 is 0 Å². The van der Waals surface area contributed by atoms with Crippen molar-refractivity contribution in [2.75, 3.05) is 47.4 Å². The van der Waals surface area contributed by atoms with Crippen molar-refractivity contribution in [2.45, 2.75) is 32.9 Å². The molecule has 0 saturated heterocycles. The SMILES string of the molecule is Cc1ccc(-c2cnc3c(c2)C(=O)N([C@H](C)CO)C[C@@H](C)[C@H](CN(C)C(=O)CN(C)C)O3)cc1. The third-order valence-electron chi connectivity index (χ3n) is 6.24. The summed E-state index contributed by atoms with van der Waals surface area (Å²) in [6.07, 6.45) is 1.34. The van der Waals surface area contributed by atoms with Gasteiger partial charge in [-0.25, -0.2) is 4.98 Å². The molecule has 3 rings (SSSR count). The average Bonchev–Trinajstić information content (AvgIpc) is 2.80. The number of pyridine rings is 1. The minimum absolute atomic E-state index is 0.0116. The van der Waals surface area contributed by atoms with Crippen molar-refractivity contribution < 1.29 is 19.4 Å². The Morgan fingerprint density at radius 2 is 1.91 bits per heavy atom. The van der Waals surface area contributed by atoms with Gasteiger partial charge in [0.15, 0.2) is 0 Å². The molecule has 0 fully saturated rings. The van der Waals surface area contributed by atoms with Crippen LogP contribution in [0.15, 0.2) is 36.5 Å². The zero-order chi connectivity index (χ0) is 25.0. The number of likely N-dealkylation sites (N-methyl/N-ethyl adjacent to an activating group) is 2. The molecule has 8 heteroatoms. The molecule has 2 amide bonds. The molecule has 1 aliphatic rings. The predicted molar refractivity (Wildman–Crippen MR) is 132 cm³/mol. The molecule has 0 bridgehead atoms. The molecule has 1 aromatic carbocycles. The highest BCUT2D eigenvalue weighted by Crippen LogP contribution is 2.30. The second-order valence-electron chi connectivity index (χ2n) is 9.58. The number of carbonyl (C=O) groups excluding carboxylic acids is 2. The lowest BCUT2D eigenvalue weighted by Gasteiger charge is -2.37. The number of fused-ring (bicyclic) bond motifs is 1. The van der Waals surface area contributed by atoms with Gasteiger partial charge in [0, 0.05) is 31.3 Å². The molecule has 1 N–H and O–H groups in total. The second kappa shape index (κ2) is 11.0.